The van der Waals surface area contributed by atoms with E-state index < -0.39 is 0 Å². The average molecular weight is 217 g/mol. The molecule has 2 nitrogen and oxygen atoms in total. The van der Waals surface area contributed by atoms with Crippen LogP contribution in [-0.2, 0) is 0 Å². The van der Waals surface area contributed by atoms with E-state index in [0.29, 0.717) is 12.6 Å². The summed E-state index contributed by atoms with van der Waals surface area (Å²) in [4.78, 5) is 2.45. The van der Waals surface area contributed by atoms with Gasteiger partial charge in [-0.3, -0.25) is 4.90 Å². The fraction of sp³-hybridized carbons (Fsp3) is 1.00. The van der Waals surface area contributed by atoms with E-state index in [1.165, 1.54) is 51.6 Å². The molecule has 0 radical (unpaired) electrons. The molecule has 0 aromatic rings. The third-order valence-corrected chi connectivity index (χ3v) is 3.38. The summed E-state index contributed by atoms with van der Waals surface area (Å²) in [6, 6.07) is 0.458. The summed E-state index contributed by atoms with van der Waals surface area (Å²) in [5, 5.41) is 9.13. The lowest BCUT2D eigenvalue weighted by molar-refractivity contribution is 0.157. The SMILES string of the molecule is OCC1CCCN1CCCCCCS. The van der Waals surface area contributed by atoms with Gasteiger partial charge in [-0.1, -0.05) is 12.8 Å². The summed E-state index contributed by atoms with van der Waals surface area (Å²) in [5.41, 5.74) is 0. The Kier molecular flexibility index (Phi) is 6.65. The Labute approximate surface area is 93.1 Å². The van der Waals surface area contributed by atoms with Gasteiger partial charge in [0.15, 0.2) is 0 Å². The van der Waals surface area contributed by atoms with Crippen molar-refractivity contribution in [3.8, 4) is 0 Å². The number of unbranched alkanes of at least 4 members (excludes halogenated alkanes) is 3. The highest BCUT2D eigenvalue weighted by molar-refractivity contribution is 7.80. The van der Waals surface area contributed by atoms with Gasteiger partial charge in [-0.15, -0.1) is 0 Å². The molecule has 1 rings (SSSR count). The van der Waals surface area contributed by atoms with Crippen LogP contribution in [0, 0.1) is 0 Å². The van der Waals surface area contributed by atoms with Crippen LogP contribution < -0.4 is 0 Å². The van der Waals surface area contributed by atoms with Gasteiger partial charge in [0.2, 0.25) is 0 Å². The standard InChI is InChI=1S/C11H23NOS/c13-10-11-6-5-8-12(11)7-3-1-2-4-9-14/h11,13-14H,1-10H2. The van der Waals surface area contributed by atoms with E-state index in [2.05, 4.69) is 17.5 Å². The second kappa shape index (κ2) is 7.55. The van der Waals surface area contributed by atoms with Crippen molar-refractivity contribution >= 4 is 12.6 Å². The summed E-state index contributed by atoms with van der Waals surface area (Å²) >= 11 is 4.20. The Morgan fingerprint density at radius 1 is 1.21 bits per heavy atom. The molecule has 0 saturated carbocycles. The van der Waals surface area contributed by atoms with Crippen LogP contribution in [0.3, 0.4) is 0 Å². The Bertz CT molecular complexity index is 143. The molecule has 1 aliphatic rings. The Balaban J connectivity index is 2.00. The van der Waals surface area contributed by atoms with Gasteiger partial charge in [-0.05, 0) is 44.5 Å². The topological polar surface area (TPSA) is 23.5 Å². The molecular weight excluding hydrogens is 194 g/mol. The van der Waals surface area contributed by atoms with E-state index in [0.717, 1.165) is 5.75 Å². The van der Waals surface area contributed by atoms with Gasteiger partial charge in [0, 0.05) is 6.04 Å². The monoisotopic (exact) mass is 217 g/mol. The van der Waals surface area contributed by atoms with Gasteiger partial charge < -0.3 is 5.11 Å². The molecule has 14 heavy (non-hydrogen) atoms. The zero-order valence-corrected chi connectivity index (χ0v) is 9.88. The molecule has 0 aliphatic carbocycles. The number of aliphatic hydroxyl groups is 1. The summed E-state index contributed by atoms with van der Waals surface area (Å²) < 4.78 is 0. The minimum Gasteiger partial charge on any atom is -0.395 e. The fourth-order valence-electron chi connectivity index (χ4n) is 2.18. The molecule has 1 N–H and O–H groups in total. The molecule has 1 saturated heterocycles. The fourth-order valence-corrected chi connectivity index (χ4v) is 2.40. The summed E-state index contributed by atoms with van der Waals surface area (Å²) in [6.45, 7) is 2.71. The van der Waals surface area contributed by atoms with Crippen molar-refractivity contribution in [1.29, 1.82) is 0 Å². The second-order valence-corrected chi connectivity index (χ2v) is 4.60. The largest absolute Gasteiger partial charge is 0.395 e. The van der Waals surface area contributed by atoms with Gasteiger partial charge in [0.25, 0.3) is 0 Å². The number of rotatable bonds is 7. The second-order valence-electron chi connectivity index (χ2n) is 4.15. The molecular formula is C11H23NOS. The van der Waals surface area contributed by atoms with Crippen LogP contribution >= 0.6 is 12.6 Å². The molecule has 1 fully saturated rings. The normalized spacial score (nSPS) is 23.1. The minimum atomic E-state index is 0.344. The van der Waals surface area contributed by atoms with Crippen LogP contribution in [0.2, 0.25) is 0 Å². The molecule has 0 bridgehead atoms. The van der Waals surface area contributed by atoms with Gasteiger partial charge in [-0.2, -0.15) is 12.6 Å². The number of thiol groups is 1. The first kappa shape index (κ1) is 12.3. The quantitative estimate of drug-likeness (QED) is 0.503. The van der Waals surface area contributed by atoms with E-state index in [-0.39, 0.29) is 0 Å². The third kappa shape index (κ3) is 4.20. The molecule has 84 valence electrons. The lowest BCUT2D eigenvalue weighted by Gasteiger charge is -2.22. The van der Waals surface area contributed by atoms with Crippen molar-refractivity contribution in [1.82, 2.24) is 4.90 Å². The zero-order chi connectivity index (χ0) is 10.2. The number of hydrogen-bond acceptors (Lipinski definition) is 3. The van der Waals surface area contributed by atoms with E-state index in [1.54, 1.807) is 0 Å². The van der Waals surface area contributed by atoms with Crippen LogP contribution in [0.5, 0.6) is 0 Å². The highest BCUT2D eigenvalue weighted by Crippen LogP contribution is 2.17. The predicted octanol–water partition coefficient (Wildman–Crippen LogP) is 1.93. The van der Waals surface area contributed by atoms with Crippen LogP contribution in [0.1, 0.15) is 38.5 Å². The maximum Gasteiger partial charge on any atom is 0.0586 e. The molecule has 1 aliphatic heterocycles. The highest BCUT2D eigenvalue weighted by Gasteiger charge is 2.22. The van der Waals surface area contributed by atoms with Crippen LogP contribution in [-0.4, -0.2) is 41.5 Å². The van der Waals surface area contributed by atoms with E-state index >= 15 is 0 Å². The molecule has 0 spiro atoms. The van der Waals surface area contributed by atoms with E-state index in [9.17, 15) is 0 Å². The minimum absolute atomic E-state index is 0.344. The number of aliphatic hydroxyl groups excluding tert-OH is 1. The molecule has 1 atom stereocenters. The third-order valence-electron chi connectivity index (χ3n) is 3.06. The van der Waals surface area contributed by atoms with Crippen LogP contribution in [0.4, 0.5) is 0 Å². The molecule has 1 unspecified atom stereocenters. The Hall–Kier alpha value is 0.270. The predicted molar refractivity (Wildman–Crippen MR) is 64.0 cm³/mol. The van der Waals surface area contributed by atoms with E-state index in [4.69, 9.17) is 5.11 Å². The summed E-state index contributed by atoms with van der Waals surface area (Å²) in [7, 11) is 0. The molecule has 3 heteroatoms. The average Bonchev–Trinajstić information content (AvgIpc) is 2.65. The summed E-state index contributed by atoms with van der Waals surface area (Å²) in [5.74, 6) is 1.02. The van der Waals surface area contributed by atoms with Gasteiger partial charge >= 0.3 is 0 Å². The smallest absolute Gasteiger partial charge is 0.0586 e. The van der Waals surface area contributed by atoms with Gasteiger partial charge in [0.05, 0.1) is 6.61 Å². The number of nitrogens with zero attached hydrogens (tertiary/aromatic N) is 1. The summed E-state index contributed by atoms with van der Waals surface area (Å²) in [6.07, 6.45) is 7.60. The molecule has 1 heterocycles. The molecule has 0 aromatic heterocycles. The van der Waals surface area contributed by atoms with Crippen LogP contribution in [0.15, 0.2) is 0 Å². The first-order valence-electron chi connectivity index (χ1n) is 5.84. The van der Waals surface area contributed by atoms with E-state index in [1.807, 2.05) is 0 Å². The van der Waals surface area contributed by atoms with Crippen molar-refractivity contribution in [2.24, 2.45) is 0 Å². The van der Waals surface area contributed by atoms with Gasteiger partial charge in [0.1, 0.15) is 0 Å². The Morgan fingerprint density at radius 2 is 2.00 bits per heavy atom. The highest BCUT2D eigenvalue weighted by atomic mass is 32.1. The maximum atomic E-state index is 9.13. The lowest BCUT2D eigenvalue weighted by Crippen LogP contribution is -2.32. The number of hydrogen-bond donors (Lipinski definition) is 2. The van der Waals surface area contributed by atoms with Crippen molar-refractivity contribution in [2.75, 3.05) is 25.4 Å². The Morgan fingerprint density at radius 3 is 2.71 bits per heavy atom. The van der Waals surface area contributed by atoms with Crippen LogP contribution in [0.25, 0.3) is 0 Å². The molecule has 0 aromatic carbocycles. The lowest BCUT2D eigenvalue weighted by atomic mass is 10.2. The zero-order valence-electron chi connectivity index (χ0n) is 8.99. The van der Waals surface area contributed by atoms with Gasteiger partial charge in [-0.25, -0.2) is 0 Å². The van der Waals surface area contributed by atoms with Crippen molar-refractivity contribution < 1.29 is 5.11 Å². The van der Waals surface area contributed by atoms with Crippen molar-refractivity contribution in [3.63, 3.8) is 0 Å². The van der Waals surface area contributed by atoms with Crippen molar-refractivity contribution in [2.45, 2.75) is 44.6 Å². The first-order chi connectivity index (χ1) is 6.88. The van der Waals surface area contributed by atoms with Crippen molar-refractivity contribution in [3.05, 3.63) is 0 Å². The number of likely N-dealkylation sites (tertiary alicyclic amines) is 1. The first-order valence-corrected chi connectivity index (χ1v) is 6.47. The maximum absolute atomic E-state index is 9.13. The molecule has 0 amide bonds.